The molecule has 2 aromatic carbocycles. The number of benzene rings is 2. The Kier molecular flexibility index (Phi) is 10.6. The van der Waals surface area contributed by atoms with Crippen LogP contribution in [-0.4, -0.2) is 50.7 Å². The van der Waals surface area contributed by atoms with Crippen LogP contribution in [0.4, 0.5) is 4.79 Å². The Hall–Kier alpha value is -3.94. The molecule has 0 amide bonds. The van der Waals surface area contributed by atoms with Crippen molar-refractivity contribution in [1.29, 1.82) is 0 Å². The fourth-order valence-corrected chi connectivity index (χ4v) is 4.93. The summed E-state index contributed by atoms with van der Waals surface area (Å²) in [6, 6.07) is 10.6. The van der Waals surface area contributed by atoms with Crippen molar-refractivity contribution in [2.75, 3.05) is 27.0 Å². The van der Waals surface area contributed by atoms with E-state index in [0.29, 0.717) is 41.0 Å². The zero-order valence-corrected chi connectivity index (χ0v) is 24.3. The van der Waals surface area contributed by atoms with E-state index >= 15 is 0 Å². The molecule has 10 heteroatoms. The molecule has 0 radical (unpaired) electrons. The molecule has 1 atom stereocenters. The molecule has 2 aromatic rings. The number of aryl methyl sites for hydroxylation is 1. The maximum atomic E-state index is 12.7. The number of esters is 2. The van der Waals surface area contributed by atoms with Gasteiger partial charge in [-0.3, -0.25) is 0 Å². The number of methoxy groups -OCH3 is 1. The summed E-state index contributed by atoms with van der Waals surface area (Å²) in [6.07, 6.45) is 7.09. The molecule has 1 aliphatic carbocycles. The van der Waals surface area contributed by atoms with Gasteiger partial charge in [0.2, 0.25) is 0 Å². The molecular weight excluding hydrogens is 535 g/mol. The van der Waals surface area contributed by atoms with Crippen LogP contribution in [-0.2, 0) is 18.8 Å². The highest BCUT2D eigenvalue weighted by molar-refractivity contribution is 7.51. The van der Waals surface area contributed by atoms with Crippen molar-refractivity contribution in [3.8, 4) is 17.2 Å². The van der Waals surface area contributed by atoms with Gasteiger partial charge in [0.15, 0.2) is 0 Å². The first-order chi connectivity index (χ1) is 19.0. The quantitative estimate of drug-likeness (QED) is 0.137. The van der Waals surface area contributed by atoms with E-state index in [0.717, 1.165) is 0 Å². The largest absolute Gasteiger partial charge is 0.514 e. The first-order valence-electron chi connectivity index (χ1n) is 12.4. The summed E-state index contributed by atoms with van der Waals surface area (Å²) >= 11 is 0. The van der Waals surface area contributed by atoms with Crippen LogP contribution in [0.1, 0.15) is 36.2 Å². The topological polar surface area (TPSA) is 107 Å². The summed E-state index contributed by atoms with van der Waals surface area (Å²) in [7, 11) is 2.45. The van der Waals surface area contributed by atoms with Gasteiger partial charge in [0.05, 0.1) is 12.7 Å². The molecule has 0 saturated carbocycles. The minimum Gasteiger partial charge on any atom is -0.497 e. The molecule has 0 fully saturated rings. The van der Waals surface area contributed by atoms with Gasteiger partial charge in [0.25, 0.3) is 0 Å². The van der Waals surface area contributed by atoms with Crippen molar-refractivity contribution in [2.24, 2.45) is 0 Å². The number of allylic oxidation sites excluding steroid dienone is 4. The van der Waals surface area contributed by atoms with Crippen LogP contribution in [0.15, 0.2) is 78.1 Å². The smallest absolute Gasteiger partial charge is 0.497 e. The predicted molar refractivity (Wildman–Crippen MR) is 151 cm³/mol. The second-order valence-corrected chi connectivity index (χ2v) is 11.4. The van der Waals surface area contributed by atoms with E-state index in [1.807, 2.05) is 12.7 Å². The zero-order chi connectivity index (χ0) is 29.3. The molecule has 0 aliphatic heterocycles. The lowest BCUT2D eigenvalue weighted by Crippen LogP contribution is -2.32. The van der Waals surface area contributed by atoms with Crippen molar-refractivity contribution in [2.45, 2.75) is 32.8 Å². The van der Waals surface area contributed by atoms with Gasteiger partial charge in [-0.05, 0) is 100 Å². The molecule has 0 bridgehead atoms. The van der Waals surface area contributed by atoms with Gasteiger partial charge in [-0.1, -0.05) is 6.08 Å². The van der Waals surface area contributed by atoms with Crippen molar-refractivity contribution in [3.63, 3.8) is 0 Å². The Morgan fingerprint density at radius 3 is 2.25 bits per heavy atom. The highest BCUT2D eigenvalue weighted by atomic mass is 31.1. The number of hydrogen-bond donors (Lipinski definition) is 0. The highest BCUT2D eigenvalue weighted by Gasteiger charge is 2.27. The van der Waals surface area contributed by atoms with Gasteiger partial charge in [-0.2, -0.15) is 0 Å². The van der Waals surface area contributed by atoms with E-state index in [4.69, 9.17) is 28.2 Å². The van der Waals surface area contributed by atoms with E-state index in [9.17, 15) is 14.4 Å². The molecular formula is C30H33O9P. The molecule has 1 aliphatic rings. The Balaban J connectivity index is 1.56. The minimum atomic E-state index is -0.848. The lowest BCUT2D eigenvalue weighted by molar-refractivity contribution is -0.130. The molecule has 3 rings (SSSR count). The minimum absolute atomic E-state index is 0.221. The number of ether oxygens (including phenoxy) is 5. The van der Waals surface area contributed by atoms with Crippen molar-refractivity contribution >= 4 is 26.2 Å². The first-order valence-corrected chi connectivity index (χ1v) is 14.3. The van der Waals surface area contributed by atoms with Crippen molar-refractivity contribution in [1.82, 2.24) is 0 Å². The molecule has 0 aromatic heterocycles. The van der Waals surface area contributed by atoms with Gasteiger partial charge < -0.3 is 28.2 Å². The van der Waals surface area contributed by atoms with Crippen LogP contribution in [0.3, 0.4) is 0 Å². The molecule has 1 unspecified atom stereocenters. The highest BCUT2D eigenvalue weighted by Crippen LogP contribution is 2.36. The normalized spacial score (nSPS) is 13.8. The molecule has 40 heavy (non-hydrogen) atoms. The standard InChI is InChI=1S/C30H33O9P/c1-20-18-25(36-27(31)21-8-7-9-23(34-4)13-10-21)16-17-26(20)38-28(32)22-11-14-24(15-12-22)37-29(33)39-30(2,3)19-40(6)35-5/h7,9-18H,8,19H2,1-6H3. The fourth-order valence-electron chi connectivity index (χ4n) is 3.66. The van der Waals surface area contributed by atoms with Crippen LogP contribution in [0, 0.1) is 6.92 Å². The van der Waals surface area contributed by atoms with Crippen LogP contribution in [0.25, 0.3) is 0 Å². The summed E-state index contributed by atoms with van der Waals surface area (Å²) in [6.45, 7) is 7.25. The second kappa shape index (κ2) is 13.9. The summed E-state index contributed by atoms with van der Waals surface area (Å²) in [4.78, 5) is 37.5. The summed E-state index contributed by atoms with van der Waals surface area (Å²) in [5.74, 6) is 0.410. The number of carbonyl (C=O) groups is 3. The third-order valence-electron chi connectivity index (χ3n) is 5.69. The lowest BCUT2D eigenvalue weighted by atomic mass is 10.1. The number of rotatable bonds is 10. The maximum absolute atomic E-state index is 12.7. The summed E-state index contributed by atoms with van der Waals surface area (Å²) < 4.78 is 32.1. The van der Waals surface area contributed by atoms with E-state index in [2.05, 4.69) is 0 Å². The van der Waals surface area contributed by atoms with Gasteiger partial charge in [-0.15, -0.1) is 0 Å². The Bertz CT molecular complexity index is 1320. The Labute approximate surface area is 235 Å². The number of hydrogen-bond acceptors (Lipinski definition) is 9. The Morgan fingerprint density at radius 1 is 0.900 bits per heavy atom. The Morgan fingerprint density at radius 2 is 1.60 bits per heavy atom. The monoisotopic (exact) mass is 568 g/mol. The molecule has 0 spiro atoms. The predicted octanol–water partition coefficient (Wildman–Crippen LogP) is 6.50. The van der Waals surface area contributed by atoms with Gasteiger partial charge >= 0.3 is 18.1 Å². The van der Waals surface area contributed by atoms with E-state index in [1.165, 1.54) is 24.3 Å². The van der Waals surface area contributed by atoms with Crippen LogP contribution >= 0.6 is 8.15 Å². The van der Waals surface area contributed by atoms with E-state index in [-0.39, 0.29) is 11.3 Å². The van der Waals surface area contributed by atoms with Gasteiger partial charge in [-0.25, -0.2) is 14.4 Å². The third kappa shape index (κ3) is 9.07. The molecule has 0 N–H and O–H groups in total. The zero-order valence-electron chi connectivity index (χ0n) is 23.4. The lowest BCUT2D eigenvalue weighted by Gasteiger charge is -2.26. The summed E-state index contributed by atoms with van der Waals surface area (Å²) in [5.41, 5.74) is 0.578. The van der Waals surface area contributed by atoms with Crippen LogP contribution in [0.5, 0.6) is 17.2 Å². The molecule has 9 nitrogen and oxygen atoms in total. The van der Waals surface area contributed by atoms with Crippen LogP contribution < -0.4 is 14.2 Å². The van der Waals surface area contributed by atoms with E-state index < -0.39 is 31.8 Å². The first kappa shape index (κ1) is 30.6. The van der Waals surface area contributed by atoms with Crippen molar-refractivity contribution < 1.29 is 42.6 Å². The van der Waals surface area contributed by atoms with Gasteiger partial charge in [0, 0.05) is 27.0 Å². The fraction of sp³-hybridized carbons (Fsp3) is 0.300. The average molecular weight is 569 g/mol. The van der Waals surface area contributed by atoms with Crippen molar-refractivity contribution in [3.05, 3.63) is 89.2 Å². The SMILES string of the molecule is COC1=CC=C(C(=O)Oc2ccc(OC(=O)c3ccc(OC(=O)OC(C)(C)CP(C)OC)cc3)c(C)c2)CC=C1. The van der Waals surface area contributed by atoms with E-state index in [1.54, 1.807) is 71.4 Å². The summed E-state index contributed by atoms with van der Waals surface area (Å²) in [5, 5.41) is 0. The number of carbonyl (C=O) groups excluding carboxylic acids is 3. The maximum Gasteiger partial charge on any atom is 0.514 e. The molecule has 212 valence electrons. The molecule has 0 saturated heterocycles. The van der Waals surface area contributed by atoms with Gasteiger partial charge in [0.1, 0.15) is 28.6 Å². The average Bonchev–Trinajstić information content (AvgIpc) is 3.16. The third-order valence-corrected chi connectivity index (χ3v) is 7.52. The van der Waals surface area contributed by atoms with Crippen LogP contribution in [0.2, 0.25) is 0 Å². The molecule has 0 heterocycles. The second-order valence-electron chi connectivity index (χ2n) is 9.48.